The molecular formula is C23H24FN5O2S. The van der Waals surface area contributed by atoms with E-state index < -0.39 is 0 Å². The fraction of sp³-hybridized carbons (Fsp3) is 0.304. The summed E-state index contributed by atoms with van der Waals surface area (Å²) in [5, 5.41) is 15.2. The summed E-state index contributed by atoms with van der Waals surface area (Å²) in [6.07, 6.45) is 0. The summed E-state index contributed by atoms with van der Waals surface area (Å²) < 4.78 is 20.9. The zero-order valence-corrected chi connectivity index (χ0v) is 18.7. The fourth-order valence-corrected chi connectivity index (χ4v) is 5.42. The van der Waals surface area contributed by atoms with Crippen LogP contribution in [0, 0.1) is 12.7 Å². The number of hydrogen-bond donors (Lipinski definition) is 1. The minimum atomic E-state index is -0.292. The normalized spacial score (nSPS) is 15.9. The van der Waals surface area contributed by atoms with Gasteiger partial charge in [-0.25, -0.2) is 9.37 Å². The predicted octanol–water partition coefficient (Wildman–Crippen LogP) is 3.86. The Hall–Kier alpha value is -3.17. The lowest BCUT2D eigenvalue weighted by Crippen LogP contribution is -2.47. The molecule has 1 aliphatic rings. The molecule has 0 unspecified atom stereocenters. The van der Waals surface area contributed by atoms with Gasteiger partial charge in [0.25, 0.3) is 0 Å². The molecular weight excluding hydrogens is 429 g/mol. The zero-order valence-electron chi connectivity index (χ0n) is 17.9. The molecule has 1 N–H and O–H groups in total. The number of nitrogens with zero attached hydrogens (tertiary/aromatic N) is 5. The largest absolute Gasteiger partial charge is 0.497 e. The Morgan fingerprint density at radius 3 is 2.50 bits per heavy atom. The number of halogens is 1. The van der Waals surface area contributed by atoms with Crippen molar-refractivity contribution in [2.24, 2.45) is 0 Å². The van der Waals surface area contributed by atoms with Gasteiger partial charge in [0, 0.05) is 31.9 Å². The zero-order chi connectivity index (χ0) is 22.2. The number of benzene rings is 2. The summed E-state index contributed by atoms with van der Waals surface area (Å²) in [5.74, 6) is 1.21. The van der Waals surface area contributed by atoms with Gasteiger partial charge in [-0.2, -0.15) is 4.52 Å². The van der Waals surface area contributed by atoms with Gasteiger partial charge in [-0.1, -0.05) is 23.5 Å². The smallest absolute Gasteiger partial charge is 0.230 e. The minimum absolute atomic E-state index is 0.0671. The van der Waals surface area contributed by atoms with Gasteiger partial charge in [0.2, 0.25) is 10.8 Å². The highest BCUT2D eigenvalue weighted by atomic mass is 32.1. The number of rotatable bonds is 5. The topological polar surface area (TPSA) is 66.1 Å². The van der Waals surface area contributed by atoms with Crippen LogP contribution in [0.3, 0.4) is 0 Å². The molecule has 0 spiro atoms. The molecule has 5 rings (SSSR count). The summed E-state index contributed by atoms with van der Waals surface area (Å²) in [6.45, 7) is 4.96. The van der Waals surface area contributed by atoms with Crippen molar-refractivity contribution in [1.82, 2.24) is 19.5 Å². The summed E-state index contributed by atoms with van der Waals surface area (Å²) >= 11 is 1.40. The van der Waals surface area contributed by atoms with E-state index in [0.29, 0.717) is 10.8 Å². The number of ether oxygens (including phenoxy) is 1. The summed E-state index contributed by atoms with van der Waals surface area (Å²) in [7, 11) is 1.66. The quantitative estimate of drug-likeness (QED) is 0.495. The minimum Gasteiger partial charge on any atom is -0.497 e. The Balaban J connectivity index is 1.44. The van der Waals surface area contributed by atoms with Gasteiger partial charge >= 0.3 is 0 Å². The van der Waals surface area contributed by atoms with Gasteiger partial charge in [-0.3, -0.25) is 4.90 Å². The van der Waals surface area contributed by atoms with E-state index in [4.69, 9.17) is 4.74 Å². The van der Waals surface area contributed by atoms with E-state index in [1.807, 2.05) is 18.2 Å². The maximum Gasteiger partial charge on any atom is 0.230 e. The lowest BCUT2D eigenvalue weighted by atomic mass is 10.0. The average Bonchev–Trinajstić information content (AvgIpc) is 3.31. The third-order valence-electron chi connectivity index (χ3n) is 5.84. The van der Waals surface area contributed by atoms with E-state index in [9.17, 15) is 9.50 Å². The third-order valence-corrected chi connectivity index (χ3v) is 6.91. The standard InChI is InChI=1S/C23H24FN5O2S/c1-15-25-23-29(26-15)22(30)21(32-23)20(16-4-3-5-17(24)14-16)28-12-10-27(11-13-28)18-6-8-19(31-2)9-7-18/h3-9,14,20,30H,10-13H2,1-2H3/t20-/m0/s1. The fourth-order valence-electron chi connectivity index (χ4n) is 4.26. The van der Waals surface area contributed by atoms with Crippen LogP contribution in [-0.2, 0) is 0 Å². The van der Waals surface area contributed by atoms with Crippen LogP contribution in [0.2, 0.25) is 0 Å². The van der Waals surface area contributed by atoms with Crippen molar-refractivity contribution in [3.63, 3.8) is 0 Å². The number of thiazole rings is 1. The van der Waals surface area contributed by atoms with Gasteiger partial charge in [0.15, 0.2) is 0 Å². The molecule has 7 nitrogen and oxygen atoms in total. The van der Waals surface area contributed by atoms with Crippen molar-refractivity contribution in [1.29, 1.82) is 0 Å². The van der Waals surface area contributed by atoms with Crippen molar-refractivity contribution in [2.75, 3.05) is 38.2 Å². The second kappa shape index (κ2) is 8.40. The van der Waals surface area contributed by atoms with Gasteiger partial charge < -0.3 is 14.7 Å². The molecule has 2 aromatic carbocycles. The average molecular weight is 454 g/mol. The molecule has 1 fully saturated rings. The van der Waals surface area contributed by atoms with E-state index in [-0.39, 0.29) is 17.7 Å². The van der Waals surface area contributed by atoms with Gasteiger partial charge in [-0.05, 0) is 48.9 Å². The molecule has 166 valence electrons. The van der Waals surface area contributed by atoms with E-state index in [1.54, 1.807) is 26.2 Å². The Labute approximate surface area is 189 Å². The molecule has 1 saturated heterocycles. The molecule has 0 amide bonds. The molecule has 32 heavy (non-hydrogen) atoms. The summed E-state index contributed by atoms with van der Waals surface area (Å²) in [5.41, 5.74) is 1.95. The predicted molar refractivity (Wildman–Crippen MR) is 122 cm³/mol. The van der Waals surface area contributed by atoms with Gasteiger partial charge in [0.05, 0.1) is 18.0 Å². The van der Waals surface area contributed by atoms with E-state index >= 15 is 0 Å². The molecule has 2 aromatic heterocycles. The van der Waals surface area contributed by atoms with Crippen molar-refractivity contribution < 1.29 is 14.2 Å². The van der Waals surface area contributed by atoms with E-state index in [0.717, 1.165) is 48.1 Å². The number of hydrogen-bond acceptors (Lipinski definition) is 7. The lowest BCUT2D eigenvalue weighted by molar-refractivity contribution is 0.211. The van der Waals surface area contributed by atoms with Crippen molar-refractivity contribution in [2.45, 2.75) is 13.0 Å². The molecule has 0 aliphatic carbocycles. The molecule has 1 aliphatic heterocycles. The maximum absolute atomic E-state index is 14.1. The second-order valence-corrected chi connectivity index (χ2v) is 8.83. The molecule has 0 radical (unpaired) electrons. The molecule has 9 heteroatoms. The highest BCUT2D eigenvalue weighted by Gasteiger charge is 2.32. The monoisotopic (exact) mass is 453 g/mol. The van der Waals surface area contributed by atoms with E-state index in [2.05, 4.69) is 32.0 Å². The molecule has 4 aromatic rings. The third kappa shape index (κ3) is 3.78. The van der Waals surface area contributed by atoms with Crippen molar-refractivity contribution >= 4 is 22.0 Å². The first-order valence-electron chi connectivity index (χ1n) is 10.5. The van der Waals surface area contributed by atoms with Crippen molar-refractivity contribution in [3.8, 4) is 11.6 Å². The number of aryl methyl sites for hydroxylation is 1. The number of aromatic hydroxyl groups is 1. The summed E-state index contributed by atoms with van der Waals surface area (Å²) in [4.78, 5) is 10.4. The van der Waals surface area contributed by atoms with Crippen LogP contribution < -0.4 is 9.64 Å². The Morgan fingerprint density at radius 1 is 1.09 bits per heavy atom. The van der Waals surface area contributed by atoms with Crippen LogP contribution in [0.15, 0.2) is 48.5 Å². The first-order valence-corrected chi connectivity index (χ1v) is 11.3. The number of fused-ring (bicyclic) bond motifs is 1. The molecule has 1 atom stereocenters. The Morgan fingerprint density at radius 2 is 1.84 bits per heavy atom. The number of methoxy groups -OCH3 is 1. The molecule has 0 bridgehead atoms. The van der Waals surface area contributed by atoms with Crippen molar-refractivity contribution in [3.05, 3.63) is 70.6 Å². The molecule has 3 heterocycles. The first kappa shape index (κ1) is 20.7. The SMILES string of the molecule is COc1ccc(N2CCN([C@@H](c3cccc(F)c3)c3sc4nc(C)nn4c3O)CC2)cc1. The highest BCUT2D eigenvalue weighted by molar-refractivity contribution is 7.17. The molecule has 0 saturated carbocycles. The van der Waals surface area contributed by atoms with E-state index in [1.165, 1.54) is 21.9 Å². The van der Waals surface area contributed by atoms with Crippen LogP contribution in [0.25, 0.3) is 4.96 Å². The number of piperazine rings is 1. The van der Waals surface area contributed by atoms with Crippen LogP contribution in [0.5, 0.6) is 11.6 Å². The van der Waals surface area contributed by atoms with Gasteiger partial charge in [0.1, 0.15) is 17.4 Å². The lowest BCUT2D eigenvalue weighted by Gasteiger charge is -2.40. The van der Waals surface area contributed by atoms with Crippen LogP contribution in [-0.4, -0.2) is 57.9 Å². The Kier molecular flexibility index (Phi) is 5.44. The van der Waals surface area contributed by atoms with Crippen LogP contribution in [0.1, 0.15) is 22.3 Å². The van der Waals surface area contributed by atoms with Crippen LogP contribution >= 0.6 is 11.3 Å². The maximum atomic E-state index is 14.1. The second-order valence-electron chi connectivity index (χ2n) is 7.82. The Bertz CT molecular complexity index is 1230. The highest BCUT2D eigenvalue weighted by Crippen LogP contribution is 2.40. The number of aromatic nitrogens is 3. The number of anilines is 1. The van der Waals surface area contributed by atoms with Crippen LogP contribution in [0.4, 0.5) is 10.1 Å². The van der Waals surface area contributed by atoms with Gasteiger partial charge in [-0.15, -0.1) is 5.10 Å². The first-order chi connectivity index (χ1) is 15.5. The summed E-state index contributed by atoms with van der Waals surface area (Å²) in [6, 6.07) is 14.4.